The lowest BCUT2D eigenvalue weighted by atomic mass is 10.2. The van der Waals surface area contributed by atoms with E-state index in [9.17, 15) is 0 Å². The smallest absolute Gasteiger partial charge is 0.145 e. The number of fused-ring (bicyclic) bond motifs is 1. The van der Waals surface area contributed by atoms with Gasteiger partial charge in [-0.15, -0.1) is 0 Å². The van der Waals surface area contributed by atoms with Crippen molar-refractivity contribution in [1.29, 1.82) is 0 Å². The van der Waals surface area contributed by atoms with Gasteiger partial charge in [0, 0.05) is 17.6 Å². The second-order valence-electron chi connectivity index (χ2n) is 5.54. The van der Waals surface area contributed by atoms with E-state index in [1.54, 1.807) is 0 Å². The lowest BCUT2D eigenvalue weighted by molar-refractivity contribution is 0.314. The van der Waals surface area contributed by atoms with Gasteiger partial charge in [0.1, 0.15) is 17.9 Å². The normalized spacial score (nSPS) is 11.2. The Labute approximate surface area is 127 Å². The summed E-state index contributed by atoms with van der Waals surface area (Å²) in [5.74, 6) is 0.867. The number of benzene rings is 1. The highest BCUT2D eigenvalue weighted by molar-refractivity contribution is 5.84. The highest BCUT2D eigenvalue weighted by Gasteiger charge is 2.03. The van der Waals surface area contributed by atoms with E-state index < -0.39 is 0 Å². The van der Waals surface area contributed by atoms with Gasteiger partial charge in [0.15, 0.2) is 0 Å². The number of para-hydroxylation sites is 1. The van der Waals surface area contributed by atoms with Crippen LogP contribution in [0.25, 0.3) is 10.9 Å². The topological polar surface area (TPSA) is 37.4 Å². The molecule has 114 valence electrons. The quantitative estimate of drug-likeness (QED) is 0.757. The largest absolute Gasteiger partial charge is 0.490 e. The molecule has 0 amide bonds. The SMILES string of the molecule is Cc1ccc2cccc(OCCNCCCN(C)C)c2n1. The molecule has 0 aliphatic heterocycles. The van der Waals surface area contributed by atoms with Crippen LogP contribution in [0.2, 0.25) is 0 Å². The molecule has 21 heavy (non-hydrogen) atoms. The molecule has 0 fully saturated rings. The minimum absolute atomic E-state index is 0.663. The number of hydrogen-bond donors (Lipinski definition) is 1. The Morgan fingerprint density at radius 2 is 2.00 bits per heavy atom. The van der Waals surface area contributed by atoms with E-state index in [4.69, 9.17) is 4.74 Å². The van der Waals surface area contributed by atoms with E-state index >= 15 is 0 Å². The first-order valence-electron chi connectivity index (χ1n) is 7.51. The number of ether oxygens (including phenoxy) is 1. The molecular formula is C17H25N3O. The molecule has 0 radical (unpaired) electrons. The molecule has 1 aromatic heterocycles. The Balaban J connectivity index is 1.80. The fourth-order valence-corrected chi connectivity index (χ4v) is 2.21. The maximum absolute atomic E-state index is 5.87. The lowest BCUT2D eigenvalue weighted by Crippen LogP contribution is -2.25. The molecule has 0 bridgehead atoms. The molecule has 0 saturated carbocycles. The number of aryl methyl sites for hydroxylation is 1. The summed E-state index contributed by atoms with van der Waals surface area (Å²) < 4.78 is 5.87. The number of pyridine rings is 1. The molecule has 2 rings (SSSR count). The van der Waals surface area contributed by atoms with E-state index in [0.717, 1.165) is 48.4 Å². The number of hydrogen-bond acceptors (Lipinski definition) is 4. The first kappa shape index (κ1) is 15.7. The van der Waals surface area contributed by atoms with E-state index in [1.165, 1.54) is 0 Å². The predicted molar refractivity (Wildman–Crippen MR) is 88.0 cm³/mol. The number of aromatic nitrogens is 1. The molecule has 0 saturated heterocycles. The van der Waals surface area contributed by atoms with Crippen LogP contribution in [0.3, 0.4) is 0 Å². The fourth-order valence-electron chi connectivity index (χ4n) is 2.21. The van der Waals surface area contributed by atoms with Crippen LogP contribution in [-0.4, -0.2) is 50.2 Å². The Morgan fingerprint density at radius 3 is 2.81 bits per heavy atom. The molecule has 1 aromatic carbocycles. The average molecular weight is 287 g/mol. The Hall–Kier alpha value is -1.65. The van der Waals surface area contributed by atoms with E-state index in [1.807, 2.05) is 25.1 Å². The van der Waals surface area contributed by atoms with Gasteiger partial charge in [0.25, 0.3) is 0 Å². The second kappa shape index (κ2) is 7.96. The van der Waals surface area contributed by atoms with Gasteiger partial charge in [-0.2, -0.15) is 0 Å². The van der Waals surface area contributed by atoms with Gasteiger partial charge >= 0.3 is 0 Å². The molecular weight excluding hydrogens is 262 g/mol. The lowest BCUT2D eigenvalue weighted by Gasteiger charge is -2.11. The van der Waals surface area contributed by atoms with E-state index in [2.05, 4.69) is 41.4 Å². The van der Waals surface area contributed by atoms with Crippen molar-refractivity contribution in [2.45, 2.75) is 13.3 Å². The van der Waals surface area contributed by atoms with Crippen molar-refractivity contribution in [1.82, 2.24) is 15.2 Å². The number of rotatable bonds is 8. The molecule has 0 atom stereocenters. The molecule has 4 heteroatoms. The van der Waals surface area contributed by atoms with Gasteiger partial charge < -0.3 is 15.0 Å². The van der Waals surface area contributed by atoms with Crippen molar-refractivity contribution in [3.63, 3.8) is 0 Å². The zero-order valence-electron chi connectivity index (χ0n) is 13.2. The van der Waals surface area contributed by atoms with Crippen LogP contribution in [0.4, 0.5) is 0 Å². The number of nitrogens with zero attached hydrogens (tertiary/aromatic N) is 2. The first-order chi connectivity index (χ1) is 10.2. The minimum Gasteiger partial charge on any atom is -0.490 e. The summed E-state index contributed by atoms with van der Waals surface area (Å²) in [5.41, 5.74) is 1.96. The summed E-state index contributed by atoms with van der Waals surface area (Å²) in [6, 6.07) is 10.2. The van der Waals surface area contributed by atoms with Gasteiger partial charge in [0.2, 0.25) is 0 Å². The summed E-state index contributed by atoms with van der Waals surface area (Å²) in [7, 11) is 4.19. The number of nitrogens with one attached hydrogen (secondary N) is 1. The van der Waals surface area contributed by atoms with Gasteiger partial charge in [-0.05, 0) is 52.7 Å². The van der Waals surface area contributed by atoms with Crippen molar-refractivity contribution < 1.29 is 4.74 Å². The van der Waals surface area contributed by atoms with Crippen molar-refractivity contribution in [3.05, 3.63) is 36.0 Å². The van der Waals surface area contributed by atoms with Gasteiger partial charge in [-0.3, -0.25) is 0 Å². The van der Waals surface area contributed by atoms with Crippen molar-refractivity contribution in [2.24, 2.45) is 0 Å². The summed E-state index contributed by atoms with van der Waals surface area (Å²) in [6.07, 6.45) is 1.15. The maximum atomic E-state index is 5.87. The van der Waals surface area contributed by atoms with Crippen LogP contribution >= 0.6 is 0 Å². The van der Waals surface area contributed by atoms with Crippen LogP contribution in [-0.2, 0) is 0 Å². The first-order valence-corrected chi connectivity index (χ1v) is 7.51. The predicted octanol–water partition coefficient (Wildman–Crippen LogP) is 2.46. The summed E-state index contributed by atoms with van der Waals surface area (Å²) in [6.45, 7) is 5.66. The molecule has 1 N–H and O–H groups in total. The second-order valence-corrected chi connectivity index (χ2v) is 5.54. The highest BCUT2D eigenvalue weighted by atomic mass is 16.5. The molecule has 1 heterocycles. The standard InChI is InChI=1S/C17H25N3O/c1-14-8-9-15-6-4-7-16(17(15)19-14)21-13-11-18-10-5-12-20(2)3/h4,6-9,18H,5,10-13H2,1-3H3. The van der Waals surface area contributed by atoms with E-state index in [0.29, 0.717) is 6.61 Å². The third-order valence-electron chi connectivity index (χ3n) is 3.32. The van der Waals surface area contributed by atoms with Crippen molar-refractivity contribution >= 4 is 10.9 Å². The molecule has 0 aliphatic carbocycles. The summed E-state index contributed by atoms with van der Waals surface area (Å²) in [4.78, 5) is 6.77. The van der Waals surface area contributed by atoms with Crippen LogP contribution in [0.1, 0.15) is 12.1 Å². The third kappa shape index (κ3) is 4.99. The van der Waals surface area contributed by atoms with Crippen LogP contribution in [0.5, 0.6) is 5.75 Å². The monoisotopic (exact) mass is 287 g/mol. The molecule has 0 aliphatic rings. The Kier molecular flexibility index (Phi) is 5.96. The fraction of sp³-hybridized carbons (Fsp3) is 0.471. The maximum Gasteiger partial charge on any atom is 0.145 e. The van der Waals surface area contributed by atoms with Gasteiger partial charge in [0.05, 0.1) is 0 Å². The van der Waals surface area contributed by atoms with E-state index in [-0.39, 0.29) is 0 Å². The summed E-state index contributed by atoms with van der Waals surface area (Å²) >= 11 is 0. The van der Waals surface area contributed by atoms with Crippen molar-refractivity contribution in [2.75, 3.05) is 40.3 Å². The molecule has 0 unspecified atom stereocenters. The van der Waals surface area contributed by atoms with Crippen LogP contribution in [0.15, 0.2) is 30.3 Å². The molecule has 2 aromatic rings. The molecule has 4 nitrogen and oxygen atoms in total. The minimum atomic E-state index is 0.663. The zero-order valence-corrected chi connectivity index (χ0v) is 13.2. The average Bonchev–Trinajstić information content (AvgIpc) is 2.46. The van der Waals surface area contributed by atoms with Gasteiger partial charge in [-0.25, -0.2) is 4.98 Å². The Bertz CT molecular complexity index is 569. The molecule has 0 spiro atoms. The third-order valence-corrected chi connectivity index (χ3v) is 3.32. The van der Waals surface area contributed by atoms with Crippen LogP contribution < -0.4 is 10.1 Å². The summed E-state index contributed by atoms with van der Waals surface area (Å²) in [5, 5.41) is 4.52. The zero-order chi connectivity index (χ0) is 15.1. The Morgan fingerprint density at radius 1 is 1.14 bits per heavy atom. The van der Waals surface area contributed by atoms with Crippen LogP contribution in [0, 0.1) is 6.92 Å². The van der Waals surface area contributed by atoms with Crippen molar-refractivity contribution in [3.8, 4) is 5.75 Å². The highest BCUT2D eigenvalue weighted by Crippen LogP contribution is 2.23. The van der Waals surface area contributed by atoms with Gasteiger partial charge in [-0.1, -0.05) is 18.2 Å².